The molecule has 3 aromatic carbocycles. The molecule has 1 amide bonds. The molecule has 0 aromatic heterocycles. The SMILES string of the molecule is COc1ccc(C(=O)N(c2ccccc2)c2ccccc2[N+](=O)[O-])cc1. The lowest BCUT2D eigenvalue weighted by Crippen LogP contribution is -2.26. The summed E-state index contributed by atoms with van der Waals surface area (Å²) < 4.78 is 5.12. The van der Waals surface area contributed by atoms with Gasteiger partial charge in [0.1, 0.15) is 11.4 Å². The molecule has 0 aliphatic rings. The summed E-state index contributed by atoms with van der Waals surface area (Å²) >= 11 is 0. The lowest BCUT2D eigenvalue weighted by molar-refractivity contribution is -0.384. The Morgan fingerprint density at radius 1 is 0.923 bits per heavy atom. The van der Waals surface area contributed by atoms with E-state index in [9.17, 15) is 14.9 Å². The van der Waals surface area contributed by atoms with Gasteiger partial charge in [-0.05, 0) is 42.5 Å². The lowest BCUT2D eigenvalue weighted by Gasteiger charge is -2.23. The van der Waals surface area contributed by atoms with Crippen molar-refractivity contribution in [2.45, 2.75) is 0 Å². The Morgan fingerprint density at radius 3 is 2.15 bits per heavy atom. The largest absolute Gasteiger partial charge is 0.497 e. The van der Waals surface area contributed by atoms with Crippen LogP contribution >= 0.6 is 0 Å². The first-order chi connectivity index (χ1) is 12.6. The number of carbonyl (C=O) groups is 1. The lowest BCUT2D eigenvalue weighted by atomic mass is 10.1. The Kier molecular flexibility index (Phi) is 4.94. The van der Waals surface area contributed by atoms with Gasteiger partial charge in [-0.25, -0.2) is 0 Å². The van der Waals surface area contributed by atoms with Gasteiger partial charge in [0.05, 0.1) is 12.0 Å². The fraction of sp³-hybridized carbons (Fsp3) is 0.0500. The molecule has 3 rings (SSSR count). The zero-order valence-corrected chi connectivity index (χ0v) is 14.0. The van der Waals surface area contributed by atoms with E-state index >= 15 is 0 Å². The van der Waals surface area contributed by atoms with Gasteiger partial charge in [0.15, 0.2) is 0 Å². The summed E-state index contributed by atoms with van der Waals surface area (Å²) in [5.41, 5.74) is 1.01. The quantitative estimate of drug-likeness (QED) is 0.500. The van der Waals surface area contributed by atoms with Crippen LogP contribution in [0, 0.1) is 10.1 Å². The second-order valence-electron chi connectivity index (χ2n) is 5.45. The molecule has 0 fully saturated rings. The van der Waals surface area contributed by atoms with Gasteiger partial charge in [-0.15, -0.1) is 0 Å². The summed E-state index contributed by atoms with van der Waals surface area (Å²) in [4.78, 5) is 25.5. The molecule has 0 atom stereocenters. The average Bonchev–Trinajstić information content (AvgIpc) is 2.69. The molecule has 0 heterocycles. The highest BCUT2D eigenvalue weighted by molar-refractivity contribution is 6.12. The predicted octanol–water partition coefficient (Wildman–Crippen LogP) is 4.58. The predicted molar refractivity (Wildman–Crippen MR) is 99.0 cm³/mol. The molecule has 6 nitrogen and oxygen atoms in total. The third-order valence-electron chi connectivity index (χ3n) is 3.87. The van der Waals surface area contributed by atoms with Crippen LogP contribution in [-0.2, 0) is 0 Å². The van der Waals surface area contributed by atoms with Gasteiger partial charge in [-0.3, -0.25) is 19.8 Å². The van der Waals surface area contributed by atoms with Crippen LogP contribution in [0.15, 0.2) is 78.9 Å². The monoisotopic (exact) mass is 348 g/mol. The molecule has 26 heavy (non-hydrogen) atoms. The molecule has 0 N–H and O–H groups in total. The third kappa shape index (κ3) is 3.39. The van der Waals surface area contributed by atoms with Crippen molar-refractivity contribution in [1.82, 2.24) is 0 Å². The number of carbonyl (C=O) groups excluding carboxylic acids is 1. The van der Waals surface area contributed by atoms with Crippen molar-refractivity contribution in [2.24, 2.45) is 0 Å². The zero-order chi connectivity index (χ0) is 18.5. The molecule has 0 aliphatic carbocycles. The molecule has 0 saturated heterocycles. The van der Waals surface area contributed by atoms with E-state index in [1.165, 1.54) is 11.0 Å². The van der Waals surface area contributed by atoms with Crippen LogP contribution in [0.25, 0.3) is 0 Å². The Labute approximate surface area is 150 Å². The first-order valence-electron chi connectivity index (χ1n) is 7.89. The molecule has 0 unspecified atom stereocenters. The number of anilines is 2. The van der Waals surface area contributed by atoms with E-state index in [-0.39, 0.29) is 17.3 Å². The molecular weight excluding hydrogens is 332 g/mol. The van der Waals surface area contributed by atoms with Crippen LogP contribution in [0.5, 0.6) is 5.75 Å². The number of hydrogen-bond acceptors (Lipinski definition) is 4. The Bertz CT molecular complexity index is 924. The van der Waals surface area contributed by atoms with E-state index in [0.29, 0.717) is 17.0 Å². The highest BCUT2D eigenvalue weighted by Crippen LogP contribution is 2.34. The summed E-state index contributed by atoms with van der Waals surface area (Å²) in [6.45, 7) is 0. The van der Waals surface area contributed by atoms with Gasteiger partial charge >= 0.3 is 0 Å². The minimum atomic E-state index is -0.493. The summed E-state index contributed by atoms with van der Waals surface area (Å²) in [5.74, 6) is 0.256. The van der Waals surface area contributed by atoms with E-state index in [1.54, 1.807) is 73.8 Å². The maximum atomic E-state index is 13.2. The third-order valence-corrected chi connectivity index (χ3v) is 3.87. The van der Waals surface area contributed by atoms with Gasteiger partial charge in [-0.2, -0.15) is 0 Å². The smallest absolute Gasteiger partial charge is 0.293 e. The van der Waals surface area contributed by atoms with Crippen molar-refractivity contribution in [3.05, 3.63) is 94.5 Å². The van der Waals surface area contributed by atoms with E-state index in [1.807, 2.05) is 6.07 Å². The van der Waals surface area contributed by atoms with Crippen LogP contribution in [0.1, 0.15) is 10.4 Å². The number of rotatable bonds is 5. The van der Waals surface area contributed by atoms with Crippen molar-refractivity contribution in [1.29, 1.82) is 0 Å². The standard InChI is InChI=1S/C20H16N2O4/c1-26-17-13-11-15(12-14-17)20(23)21(16-7-3-2-4-8-16)18-9-5-6-10-19(18)22(24)25/h2-14H,1H3. The maximum Gasteiger partial charge on any atom is 0.293 e. The molecular formula is C20H16N2O4. The van der Waals surface area contributed by atoms with Gasteiger partial charge in [-0.1, -0.05) is 30.3 Å². The minimum Gasteiger partial charge on any atom is -0.497 e. The molecule has 6 heteroatoms. The highest BCUT2D eigenvalue weighted by atomic mass is 16.6. The fourth-order valence-electron chi connectivity index (χ4n) is 2.61. The van der Waals surface area contributed by atoms with E-state index < -0.39 is 4.92 Å². The van der Waals surface area contributed by atoms with Gasteiger partial charge < -0.3 is 4.74 Å². The van der Waals surface area contributed by atoms with Crippen LogP contribution in [0.3, 0.4) is 0 Å². The Balaban J connectivity index is 2.13. The van der Waals surface area contributed by atoms with Crippen molar-refractivity contribution >= 4 is 23.0 Å². The molecule has 0 spiro atoms. The van der Waals surface area contributed by atoms with Crippen LogP contribution in [0.4, 0.5) is 17.1 Å². The van der Waals surface area contributed by atoms with Crippen LogP contribution in [0.2, 0.25) is 0 Å². The summed E-state index contributed by atoms with van der Waals surface area (Å²) in [6.07, 6.45) is 0. The highest BCUT2D eigenvalue weighted by Gasteiger charge is 2.26. The molecule has 130 valence electrons. The summed E-state index contributed by atoms with van der Waals surface area (Å²) in [5, 5.41) is 11.5. The second-order valence-corrected chi connectivity index (χ2v) is 5.45. The normalized spacial score (nSPS) is 10.2. The molecule has 0 bridgehead atoms. The average molecular weight is 348 g/mol. The number of nitro benzene ring substituents is 1. The van der Waals surface area contributed by atoms with Crippen LogP contribution < -0.4 is 9.64 Å². The Morgan fingerprint density at radius 2 is 1.54 bits per heavy atom. The number of nitro groups is 1. The number of ether oxygens (including phenoxy) is 1. The Hall–Kier alpha value is -3.67. The topological polar surface area (TPSA) is 72.7 Å². The summed E-state index contributed by atoms with van der Waals surface area (Å²) in [6, 6.07) is 21.6. The van der Waals surface area contributed by atoms with E-state index in [2.05, 4.69) is 0 Å². The number of amides is 1. The number of hydrogen-bond donors (Lipinski definition) is 0. The number of para-hydroxylation sites is 3. The second kappa shape index (κ2) is 7.48. The van der Waals surface area contributed by atoms with Crippen molar-refractivity contribution < 1.29 is 14.5 Å². The zero-order valence-electron chi connectivity index (χ0n) is 14.0. The van der Waals surface area contributed by atoms with Crippen LogP contribution in [-0.4, -0.2) is 17.9 Å². The minimum absolute atomic E-state index is 0.141. The van der Waals surface area contributed by atoms with Crippen molar-refractivity contribution in [3.8, 4) is 5.75 Å². The summed E-state index contributed by atoms with van der Waals surface area (Å²) in [7, 11) is 1.54. The van der Waals surface area contributed by atoms with Gasteiger partial charge in [0.2, 0.25) is 0 Å². The number of benzene rings is 3. The number of methoxy groups -OCH3 is 1. The van der Waals surface area contributed by atoms with E-state index in [4.69, 9.17) is 4.74 Å². The molecule has 0 aliphatic heterocycles. The molecule has 3 aromatic rings. The first-order valence-corrected chi connectivity index (χ1v) is 7.89. The molecule has 0 radical (unpaired) electrons. The van der Waals surface area contributed by atoms with Gasteiger partial charge in [0.25, 0.3) is 11.6 Å². The number of nitrogens with zero attached hydrogens (tertiary/aromatic N) is 2. The van der Waals surface area contributed by atoms with Crippen molar-refractivity contribution in [3.63, 3.8) is 0 Å². The maximum absolute atomic E-state index is 13.2. The van der Waals surface area contributed by atoms with Gasteiger partial charge in [0, 0.05) is 17.3 Å². The first kappa shape index (κ1) is 17.2. The fourth-order valence-corrected chi connectivity index (χ4v) is 2.61. The van der Waals surface area contributed by atoms with Crippen molar-refractivity contribution in [2.75, 3.05) is 12.0 Å². The molecule has 0 saturated carbocycles. The van der Waals surface area contributed by atoms with E-state index in [0.717, 1.165) is 0 Å².